The number of hydrogen-bond donors (Lipinski definition) is 3. The number of hydrogen-bond acceptors (Lipinski definition) is 9. The van der Waals surface area contributed by atoms with Crippen LogP contribution in [0.1, 0.15) is 77.4 Å². The molecule has 2 saturated carbocycles. The quantitative estimate of drug-likeness (QED) is 0.236. The van der Waals surface area contributed by atoms with Gasteiger partial charge >= 0.3 is 0 Å². The van der Waals surface area contributed by atoms with Crippen molar-refractivity contribution in [2.75, 3.05) is 11.9 Å². The first-order valence-electron chi connectivity index (χ1n) is 16.2. The maximum absolute atomic E-state index is 14.7. The molecule has 1 aliphatic heterocycles. The Labute approximate surface area is 281 Å². The molecule has 246 valence electrons. The molecule has 2 aliphatic carbocycles. The number of anilines is 1. The van der Waals surface area contributed by atoms with Gasteiger partial charge in [0, 0.05) is 34.9 Å². The largest absolute Gasteiger partial charge is 0.353 e. The summed E-state index contributed by atoms with van der Waals surface area (Å²) in [6.45, 7) is 0.0137. The molecule has 0 bridgehead atoms. The van der Waals surface area contributed by atoms with Crippen LogP contribution in [0.3, 0.4) is 0 Å². The van der Waals surface area contributed by atoms with Gasteiger partial charge in [-0.25, -0.2) is 9.97 Å². The van der Waals surface area contributed by atoms with Crippen molar-refractivity contribution in [3.8, 4) is 11.3 Å². The van der Waals surface area contributed by atoms with E-state index in [0.29, 0.717) is 34.8 Å². The topological polar surface area (TPSA) is 156 Å². The Morgan fingerprint density at radius 2 is 1.71 bits per heavy atom. The van der Waals surface area contributed by atoms with Gasteiger partial charge in [0.25, 0.3) is 23.6 Å². The molecule has 2 aromatic carbocycles. The lowest BCUT2D eigenvalue weighted by molar-refractivity contribution is -0.161. The summed E-state index contributed by atoms with van der Waals surface area (Å²) in [5, 5.41) is 10.9. The number of carbonyl (C=O) groups excluding carboxylic acids is 4. The molecule has 3 fully saturated rings. The minimum atomic E-state index is -1.10. The van der Waals surface area contributed by atoms with E-state index >= 15 is 0 Å². The second-order valence-electron chi connectivity index (χ2n) is 12.3. The van der Waals surface area contributed by atoms with Gasteiger partial charge in [-0.15, -0.1) is 11.3 Å². The van der Waals surface area contributed by atoms with Gasteiger partial charge in [-0.3, -0.25) is 29.1 Å². The van der Waals surface area contributed by atoms with Crippen molar-refractivity contribution in [3.05, 3.63) is 95.4 Å². The summed E-state index contributed by atoms with van der Waals surface area (Å²) in [5.74, 6) is -1.52. The van der Waals surface area contributed by atoms with Crippen LogP contribution in [0.25, 0.3) is 11.3 Å². The lowest BCUT2D eigenvalue weighted by Gasteiger charge is -2.42. The highest BCUT2D eigenvalue weighted by Crippen LogP contribution is 2.42. The van der Waals surface area contributed by atoms with Gasteiger partial charge in [-0.1, -0.05) is 48.9 Å². The highest BCUT2D eigenvalue weighted by atomic mass is 32.1. The Hall–Kier alpha value is -5.01. The summed E-state index contributed by atoms with van der Waals surface area (Å²) in [5.41, 5.74) is 1.71. The molecule has 1 spiro atoms. The molecule has 4 amide bonds. The molecule has 13 heteroatoms. The third-order valence-electron chi connectivity index (χ3n) is 8.98. The predicted octanol–water partition coefficient (Wildman–Crippen LogP) is 4.49. The number of nitrogens with zero attached hydrogens (tertiary/aromatic N) is 4. The van der Waals surface area contributed by atoms with Crippen molar-refractivity contribution in [1.82, 2.24) is 30.5 Å². The van der Waals surface area contributed by atoms with Crippen molar-refractivity contribution < 1.29 is 23.9 Å². The Morgan fingerprint density at radius 3 is 2.42 bits per heavy atom. The van der Waals surface area contributed by atoms with Gasteiger partial charge in [0.15, 0.2) is 5.13 Å². The smallest absolute Gasteiger partial charge is 0.272 e. The molecule has 0 radical (unpaired) electrons. The molecule has 4 aromatic rings. The lowest BCUT2D eigenvalue weighted by Crippen LogP contribution is -2.58. The Morgan fingerprint density at radius 1 is 0.938 bits per heavy atom. The number of thiazole rings is 1. The molecule has 3 heterocycles. The van der Waals surface area contributed by atoms with E-state index in [4.69, 9.17) is 4.74 Å². The highest BCUT2D eigenvalue weighted by Gasteiger charge is 2.54. The van der Waals surface area contributed by atoms with E-state index in [1.165, 1.54) is 29.9 Å². The zero-order valence-corrected chi connectivity index (χ0v) is 26.9. The van der Waals surface area contributed by atoms with Crippen LogP contribution >= 0.6 is 11.3 Å². The molecule has 3 aliphatic rings. The molecule has 0 unspecified atom stereocenters. The summed E-state index contributed by atoms with van der Waals surface area (Å²) in [7, 11) is 0. The van der Waals surface area contributed by atoms with Crippen molar-refractivity contribution in [1.29, 1.82) is 0 Å². The number of ether oxygens (including phenoxy) is 1. The van der Waals surface area contributed by atoms with Crippen LogP contribution in [0.2, 0.25) is 0 Å². The van der Waals surface area contributed by atoms with Crippen LogP contribution in [-0.2, 0) is 14.3 Å². The summed E-state index contributed by atoms with van der Waals surface area (Å²) in [4.78, 5) is 68.5. The maximum atomic E-state index is 14.7. The van der Waals surface area contributed by atoms with Crippen LogP contribution in [0.4, 0.5) is 5.13 Å². The summed E-state index contributed by atoms with van der Waals surface area (Å²) < 4.78 is 6.35. The number of benzene rings is 2. The molecule has 7 rings (SSSR count). The number of rotatable bonds is 9. The number of amides is 4. The van der Waals surface area contributed by atoms with E-state index < -0.39 is 35.5 Å². The second-order valence-corrected chi connectivity index (χ2v) is 13.2. The predicted molar refractivity (Wildman–Crippen MR) is 178 cm³/mol. The molecule has 1 saturated heterocycles. The molecular weight excluding hydrogens is 630 g/mol. The monoisotopic (exact) mass is 665 g/mol. The number of carbonyl (C=O) groups is 4. The molecule has 48 heavy (non-hydrogen) atoms. The zero-order valence-electron chi connectivity index (χ0n) is 26.1. The lowest BCUT2D eigenvalue weighted by atomic mass is 9.89. The van der Waals surface area contributed by atoms with Crippen molar-refractivity contribution in [2.24, 2.45) is 0 Å². The average molecular weight is 666 g/mol. The van der Waals surface area contributed by atoms with Gasteiger partial charge in [0.05, 0.1) is 18.5 Å². The van der Waals surface area contributed by atoms with Crippen LogP contribution in [0.15, 0.2) is 78.6 Å². The van der Waals surface area contributed by atoms with Gasteiger partial charge in [0.2, 0.25) is 0 Å². The average Bonchev–Trinajstić information content (AvgIpc) is 3.70. The second kappa shape index (κ2) is 13.6. The van der Waals surface area contributed by atoms with E-state index in [9.17, 15) is 19.2 Å². The van der Waals surface area contributed by atoms with E-state index in [0.717, 1.165) is 37.7 Å². The minimum Gasteiger partial charge on any atom is -0.353 e. The van der Waals surface area contributed by atoms with E-state index in [1.807, 2.05) is 23.6 Å². The Kier molecular flexibility index (Phi) is 8.96. The van der Waals surface area contributed by atoms with E-state index in [2.05, 4.69) is 30.9 Å². The highest BCUT2D eigenvalue weighted by molar-refractivity contribution is 7.14. The third kappa shape index (κ3) is 6.69. The van der Waals surface area contributed by atoms with Crippen LogP contribution in [0, 0.1) is 0 Å². The van der Waals surface area contributed by atoms with Gasteiger partial charge in [-0.05, 0) is 56.2 Å². The van der Waals surface area contributed by atoms with Crippen LogP contribution in [-0.4, -0.2) is 67.9 Å². The van der Waals surface area contributed by atoms with Crippen molar-refractivity contribution in [3.63, 3.8) is 0 Å². The van der Waals surface area contributed by atoms with Gasteiger partial charge < -0.3 is 20.7 Å². The standard InChI is InChI=1S/C35H35N7O5S/c43-30(38-25-13-14-25)24-11-9-22(10-12-24)27-21-48-34(39-27)41-32(45)28-20-47-35(15-5-2-6-16-35)42(28)33(46)29(23-7-3-1-4-8-23)40-31(44)26-19-36-17-18-37-26/h1,3-4,7-12,17-19,21,25,28-29H,2,5-6,13-16,20H2,(H,38,43)(H,40,44)(H,39,41,45)/t28-,29+/m0/s1. The summed E-state index contributed by atoms with van der Waals surface area (Å²) in [6, 6.07) is 14.4. The van der Waals surface area contributed by atoms with Crippen molar-refractivity contribution in [2.45, 2.75) is 68.8 Å². The fraction of sp³-hybridized carbons (Fsp3) is 0.343. The number of aromatic nitrogens is 3. The minimum absolute atomic E-state index is 0.0137. The zero-order chi connectivity index (χ0) is 33.1. The normalized spacial score (nSPS) is 19.0. The molecule has 2 atom stereocenters. The SMILES string of the molecule is O=C(NC1CC1)c1ccc(-c2csc(NC(=O)[C@@H]3COC4(CCCCC4)N3C(=O)[C@H](NC(=O)c3cnccn3)c3ccccc3)n2)cc1. The van der Waals surface area contributed by atoms with E-state index in [-0.39, 0.29) is 24.2 Å². The van der Waals surface area contributed by atoms with E-state index in [1.54, 1.807) is 41.3 Å². The first-order chi connectivity index (χ1) is 23.4. The number of nitrogens with one attached hydrogen (secondary N) is 3. The molecule has 12 nitrogen and oxygen atoms in total. The van der Waals surface area contributed by atoms with Gasteiger partial charge in [0.1, 0.15) is 23.5 Å². The fourth-order valence-electron chi connectivity index (χ4n) is 6.33. The first kappa shape index (κ1) is 31.6. The first-order valence-corrected chi connectivity index (χ1v) is 17.0. The maximum Gasteiger partial charge on any atom is 0.272 e. The molecule has 2 aromatic heterocycles. The van der Waals surface area contributed by atoms with Crippen LogP contribution in [0.5, 0.6) is 0 Å². The molecule has 3 N–H and O–H groups in total. The van der Waals surface area contributed by atoms with Gasteiger partial charge in [-0.2, -0.15) is 0 Å². The summed E-state index contributed by atoms with van der Waals surface area (Å²) in [6.07, 6.45) is 10.1. The van der Waals surface area contributed by atoms with Crippen molar-refractivity contribution >= 4 is 40.1 Å². The molecular formula is C35H35N7O5S. The third-order valence-corrected chi connectivity index (χ3v) is 9.73. The van der Waals surface area contributed by atoms with Crippen LogP contribution < -0.4 is 16.0 Å². The Bertz CT molecular complexity index is 1790. The summed E-state index contributed by atoms with van der Waals surface area (Å²) >= 11 is 1.27. The Balaban J connectivity index is 1.12. The fourth-order valence-corrected chi connectivity index (χ4v) is 7.06.